The first-order chi connectivity index (χ1) is 10.2. The highest BCUT2D eigenvalue weighted by molar-refractivity contribution is 6.04. The van der Waals surface area contributed by atoms with Gasteiger partial charge in [0, 0.05) is 13.0 Å². The SMILES string of the molecule is CCN(CC(=O)OC)C(=O)C1CC(c2ccccc2)=NO1. The van der Waals surface area contributed by atoms with Crippen molar-refractivity contribution in [3.63, 3.8) is 0 Å². The van der Waals surface area contributed by atoms with Crippen molar-refractivity contribution in [1.29, 1.82) is 0 Å². The van der Waals surface area contributed by atoms with E-state index in [0.29, 0.717) is 13.0 Å². The molecule has 1 aliphatic rings. The zero-order valence-electron chi connectivity index (χ0n) is 12.1. The fourth-order valence-corrected chi connectivity index (χ4v) is 2.08. The maximum atomic E-state index is 12.3. The van der Waals surface area contributed by atoms with Crippen molar-refractivity contribution < 1.29 is 19.2 Å². The van der Waals surface area contributed by atoms with Gasteiger partial charge in [0.05, 0.1) is 12.8 Å². The Morgan fingerprint density at radius 1 is 1.38 bits per heavy atom. The third kappa shape index (κ3) is 3.59. The Morgan fingerprint density at radius 3 is 2.71 bits per heavy atom. The van der Waals surface area contributed by atoms with Crippen molar-refractivity contribution in [3.8, 4) is 0 Å². The van der Waals surface area contributed by atoms with E-state index < -0.39 is 12.1 Å². The Bertz CT molecular complexity index is 542. The molecule has 6 heteroatoms. The van der Waals surface area contributed by atoms with Crippen molar-refractivity contribution in [2.24, 2.45) is 5.16 Å². The molecule has 0 N–H and O–H groups in total. The molecule has 1 amide bonds. The number of likely N-dealkylation sites (N-methyl/N-ethyl adjacent to an activating group) is 1. The van der Waals surface area contributed by atoms with Crippen molar-refractivity contribution in [1.82, 2.24) is 4.90 Å². The molecule has 2 rings (SSSR count). The molecule has 0 fully saturated rings. The zero-order chi connectivity index (χ0) is 15.2. The van der Waals surface area contributed by atoms with Crippen LogP contribution in [-0.4, -0.2) is 48.8 Å². The summed E-state index contributed by atoms with van der Waals surface area (Å²) in [5.74, 6) is -0.704. The zero-order valence-corrected chi connectivity index (χ0v) is 12.1. The Morgan fingerprint density at radius 2 is 2.10 bits per heavy atom. The Labute approximate surface area is 123 Å². The fraction of sp³-hybridized carbons (Fsp3) is 0.400. The van der Waals surface area contributed by atoms with Crippen LogP contribution < -0.4 is 0 Å². The largest absolute Gasteiger partial charge is 0.468 e. The molecule has 1 aliphatic heterocycles. The van der Waals surface area contributed by atoms with Crippen molar-refractivity contribution >= 4 is 17.6 Å². The van der Waals surface area contributed by atoms with E-state index in [1.165, 1.54) is 12.0 Å². The van der Waals surface area contributed by atoms with Gasteiger partial charge in [0.25, 0.3) is 5.91 Å². The normalized spacial score (nSPS) is 16.9. The van der Waals surface area contributed by atoms with Gasteiger partial charge in [0.1, 0.15) is 6.54 Å². The summed E-state index contributed by atoms with van der Waals surface area (Å²) in [7, 11) is 1.29. The van der Waals surface area contributed by atoms with Gasteiger partial charge in [-0.15, -0.1) is 0 Å². The highest BCUT2D eigenvalue weighted by Gasteiger charge is 2.32. The molecule has 6 nitrogen and oxygen atoms in total. The number of hydrogen-bond acceptors (Lipinski definition) is 5. The van der Waals surface area contributed by atoms with Crippen molar-refractivity contribution in [2.75, 3.05) is 20.2 Å². The number of rotatable bonds is 5. The van der Waals surface area contributed by atoms with Gasteiger partial charge in [-0.1, -0.05) is 35.5 Å². The Kier molecular flexibility index (Phi) is 4.92. The van der Waals surface area contributed by atoms with Crippen LogP contribution in [0.3, 0.4) is 0 Å². The second kappa shape index (κ2) is 6.88. The lowest BCUT2D eigenvalue weighted by Crippen LogP contribution is -2.42. The quantitative estimate of drug-likeness (QED) is 0.764. The van der Waals surface area contributed by atoms with E-state index in [-0.39, 0.29) is 12.5 Å². The van der Waals surface area contributed by atoms with E-state index in [4.69, 9.17) is 4.84 Å². The molecule has 1 atom stereocenters. The number of carbonyl (C=O) groups excluding carboxylic acids is 2. The average Bonchev–Trinajstić information content (AvgIpc) is 3.02. The molecule has 0 spiro atoms. The maximum Gasteiger partial charge on any atom is 0.325 e. The predicted octanol–water partition coefficient (Wildman–Crippen LogP) is 1.20. The molecule has 0 radical (unpaired) electrons. The number of carbonyl (C=O) groups is 2. The first-order valence-corrected chi connectivity index (χ1v) is 6.79. The van der Waals surface area contributed by atoms with Crippen LogP contribution in [0.4, 0.5) is 0 Å². The highest BCUT2D eigenvalue weighted by atomic mass is 16.6. The van der Waals surface area contributed by atoms with Gasteiger partial charge in [0.15, 0.2) is 0 Å². The lowest BCUT2D eigenvalue weighted by Gasteiger charge is -2.21. The van der Waals surface area contributed by atoms with Crippen LogP contribution in [0, 0.1) is 0 Å². The fourth-order valence-electron chi connectivity index (χ4n) is 2.08. The summed E-state index contributed by atoms with van der Waals surface area (Å²) in [5, 5.41) is 3.98. The van der Waals surface area contributed by atoms with Gasteiger partial charge in [-0.05, 0) is 12.5 Å². The van der Waals surface area contributed by atoms with Crippen LogP contribution in [0.5, 0.6) is 0 Å². The van der Waals surface area contributed by atoms with E-state index in [9.17, 15) is 9.59 Å². The van der Waals surface area contributed by atoms with Crippen LogP contribution in [0.15, 0.2) is 35.5 Å². The number of oxime groups is 1. The van der Waals surface area contributed by atoms with E-state index in [1.54, 1.807) is 6.92 Å². The Hall–Kier alpha value is -2.37. The summed E-state index contributed by atoms with van der Waals surface area (Å²) in [4.78, 5) is 30.3. The molecule has 0 saturated carbocycles. The van der Waals surface area contributed by atoms with Crippen LogP contribution in [0.1, 0.15) is 18.9 Å². The molecular weight excluding hydrogens is 272 g/mol. The van der Waals surface area contributed by atoms with Gasteiger partial charge in [-0.3, -0.25) is 9.59 Å². The summed E-state index contributed by atoms with van der Waals surface area (Å²) in [5.41, 5.74) is 1.67. The first kappa shape index (κ1) is 15.0. The van der Waals surface area contributed by atoms with Gasteiger partial charge in [-0.25, -0.2) is 0 Å². The minimum absolute atomic E-state index is 0.0770. The van der Waals surface area contributed by atoms with E-state index in [2.05, 4.69) is 9.89 Å². The average molecular weight is 290 g/mol. The number of amides is 1. The second-order valence-corrected chi connectivity index (χ2v) is 4.63. The van der Waals surface area contributed by atoms with Gasteiger partial charge in [-0.2, -0.15) is 0 Å². The van der Waals surface area contributed by atoms with Crippen LogP contribution >= 0.6 is 0 Å². The van der Waals surface area contributed by atoms with Gasteiger partial charge in [0.2, 0.25) is 6.10 Å². The monoisotopic (exact) mass is 290 g/mol. The lowest BCUT2D eigenvalue weighted by molar-refractivity contribution is -0.151. The maximum absolute atomic E-state index is 12.3. The minimum Gasteiger partial charge on any atom is -0.468 e. The van der Waals surface area contributed by atoms with Gasteiger partial charge >= 0.3 is 5.97 Å². The molecule has 21 heavy (non-hydrogen) atoms. The van der Waals surface area contributed by atoms with Crippen molar-refractivity contribution in [3.05, 3.63) is 35.9 Å². The standard InChI is InChI=1S/C15H18N2O4/c1-3-17(10-14(18)20-2)15(19)13-9-12(16-21-13)11-7-5-4-6-8-11/h4-8,13H,3,9-10H2,1-2H3. The molecule has 1 unspecified atom stereocenters. The number of nitrogens with zero attached hydrogens (tertiary/aromatic N) is 2. The molecule has 1 aromatic carbocycles. The minimum atomic E-state index is -0.676. The Balaban J connectivity index is 1.98. The molecule has 0 saturated heterocycles. The predicted molar refractivity (Wildman–Crippen MR) is 76.7 cm³/mol. The topological polar surface area (TPSA) is 68.2 Å². The lowest BCUT2D eigenvalue weighted by atomic mass is 10.0. The molecule has 1 aromatic rings. The molecule has 1 heterocycles. The summed E-state index contributed by atoms with van der Waals surface area (Å²) in [6.07, 6.45) is -0.273. The number of esters is 1. The summed E-state index contributed by atoms with van der Waals surface area (Å²) < 4.78 is 4.58. The number of hydrogen-bond donors (Lipinski definition) is 0. The first-order valence-electron chi connectivity index (χ1n) is 6.79. The van der Waals surface area contributed by atoms with Gasteiger partial charge < -0.3 is 14.5 Å². The highest BCUT2D eigenvalue weighted by Crippen LogP contribution is 2.18. The number of benzene rings is 1. The molecule has 0 aromatic heterocycles. The molecule has 0 aliphatic carbocycles. The third-order valence-electron chi connectivity index (χ3n) is 3.29. The van der Waals surface area contributed by atoms with Crippen LogP contribution in [0.25, 0.3) is 0 Å². The molecule has 112 valence electrons. The second-order valence-electron chi connectivity index (χ2n) is 4.63. The summed E-state index contributed by atoms with van der Waals surface area (Å²) in [6, 6.07) is 9.56. The van der Waals surface area contributed by atoms with E-state index in [0.717, 1.165) is 11.3 Å². The summed E-state index contributed by atoms with van der Waals surface area (Å²) in [6.45, 7) is 2.13. The van der Waals surface area contributed by atoms with Crippen molar-refractivity contribution in [2.45, 2.75) is 19.4 Å². The van der Waals surface area contributed by atoms with Crippen LogP contribution in [-0.2, 0) is 19.2 Å². The number of methoxy groups -OCH3 is 1. The summed E-state index contributed by atoms with van der Waals surface area (Å²) >= 11 is 0. The van der Waals surface area contributed by atoms with E-state index in [1.807, 2.05) is 30.3 Å². The molecule has 0 bridgehead atoms. The van der Waals surface area contributed by atoms with Crippen LogP contribution in [0.2, 0.25) is 0 Å². The third-order valence-corrected chi connectivity index (χ3v) is 3.29. The molecular formula is C15H18N2O4. The number of ether oxygens (including phenoxy) is 1. The smallest absolute Gasteiger partial charge is 0.325 e. The van der Waals surface area contributed by atoms with E-state index >= 15 is 0 Å².